The molecule has 0 aliphatic rings. The van der Waals surface area contributed by atoms with Gasteiger partial charge >= 0.3 is 11.9 Å². The number of benzene rings is 1. The minimum Gasteiger partial charge on any atom is -0.481 e. The first-order valence-electron chi connectivity index (χ1n) is 4.13. The van der Waals surface area contributed by atoms with Crippen LogP contribution in [-0.4, -0.2) is 24.2 Å². The van der Waals surface area contributed by atoms with Crippen LogP contribution in [0.15, 0.2) is 18.2 Å². The second kappa shape index (κ2) is 5.11. The number of esters is 1. The van der Waals surface area contributed by atoms with Crippen molar-refractivity contribution in [2.45, 2.75) is 6.42 Å². The number of methoxy groups -OCH3 is 1. The van der Waals surface area contributed by atoms with Crippen molar-refractivity contribution in [1.82, 2.24) is 0 Å². The van der Waals surface area contributed by atoms with Crippen LogP contribution >= 0.6 is 22.6 Å². The van der Waals surface area contributed by atoms with Gasteiger partial charge in [0, 0.05) is 3.57 Å². The summed E-state index contributed by atoms with van der Waals surface area (Å²) in [7, 11) is 1.27. The molecule has 4 nitrogen and oxygen atoms in total. The molecule has 0 heterocycles. The molecule has 0 bridgehead atoms. The maximum absolute atomic E-state index is 11.3. The standard InChI is InChI=1S/C10H9IO4/c1-15-10(14)6-3-2-4-8(11)7(6)5-9(12)13/h2-4H,5H2,1H3,(H,12,13). The molecule has 0 unspecified atom stereocenters. The first-order chi connectivity index (χ1) is 7.06. The number of carboxylic acids is 1. The molecule has 0 atom stereocenters. The normalized spacial score (nSPS) is 9.73. The van der Waals surface area contributed by atoms with Gasteiger partial charge in [-0.1, -0.05) is 6.07 Å². The third kappa shape index (κ3) is 2.92. The Bertz CT molecular complexity index is 400. The fourth-order valence-electron chi connectivity index (χ4n) is 1.19. The van der Waals surface area contributed by atoms with E-state index in [0.717, 1.165) is 3.57 Å². The highest BCUT2D eigenvalue weighted by Gasteiger charge is 2.16. The van der Waals surface area contributed by atoms with Crippen molar-refractivity contribution < 1.29 is 19.4 Å². The third-order valence-corrected chi connectivity index (χ3v) is 2.86. The molecule has 1 rings (SSSR count). The Balaban J connectivity index is 3.19. The van der Waals surface area contributed by atoms with Crippen LogP contribution < -0.4 is 0 Å². The molecule has 1 aromatic rings. The maximum atomic E-state index is 11.3. The number of hydrogen-bond donors (Lipinski definition) is 1. The number of rotatable bonds is 3. The van der Waals surface area contributed by atoms with Gasteiger partial charge in [-0.15, -0.1) is 0 Å². The number of hydrogen-bond acceptors (Lipinski definition) is 3. The molecule has 0 saturated carbocycles. The van der Waals surface area contributed by atoms with Gasteiger partial charge in [0.05, 0.1) is 19.1 Å². The lowest BCUT2D eigenvalue weighted by Gasteiger charge is -2.07. The van der Waals surface area contributed by atoms with E-state index in [1.807, 2.05) is 22.6 Å². The van der Waals surface area contributed by atoms with E-state index in [4.69, 9.17) is 5.11 Å². The van der Waals surface area contributed by atoms with E-state index in [1.165, 1.54) is 7.11 Å². The Morgan fingerprint density at radius 2 is 2.13 bits per heavy atom. The Morgan fingerprint density at radius 1 is 1.47 bits per heavy atom. The van der Waals surface area contributed by atoms with Crippen LogP contribution in [0, 0.1) is 3.57 Å². The molecule has 0 fully saturated rings. The van der Waals surface area contributed by atoms with E-state index < -0.39 is 11.9 Å². The van der Waals surface area contributed by atoms with E-state index in [0.29, 0.717) is 11.1 Å². The van der Waals surface area contributed by atoms with Crippen molar-refractivity contribution in [1.29, 1.82) is 0 Å². The molecule has 0 radical (unpaired) electrons. The van der Waals surface area contributed by atoms with Crippen LogP contribution in [0.1, 0.15) is 15.9 Å². The van der Waals surface area contributed by atoms with Crippen molar-refractivity contribution in [3.63, 3.8) is 0 Å². The average molecular weight is 320 g/mol. The number of aliphatic carboxylic acids is 1. The molecule has 1 aromatic carbocycles. The Morgan fingerprint density at radius 3 is 2.67 bits per heavy atom. The second-order valence-corrected chi connectivity index (χ2v) is 3.99. The molecular formula is C10H9IO4. The summed E-state index contributed by atoms with van der Waals surface area (Å²) in [6, 6.07) is 5.01. The van der Waals surface area contributed by atoms with Crippen molar-refractivity contribution >= 4 is 34.5 Å². The van der Waals surface area contributed by atoms with Crippen LogP contribution in [0.2, 0.25) is 0 Å². The third-order valence-electron chi connectivity index (χ3n) is 1.85. The number of halogens is 1. The topological polar surface area (TPSA) is 63.6 Å². The molecular weight excluding hydrogens is 311 g/mol. The van der Waals surface area contributed by atoms with Crippen molar-refractivity contribution in [2.75, 3.05) is 7.11 Å². The average Bonchev–Trinajstić information content (AvgIpc) is 2.19. The summed E-state index contributed by atoms with van der Waals surface area (Å²) in [5, 5.41) is 8.71. The van der Waals surface area contributed by atoms with Crippen LogP contribution in [0.3, 0.4) is 0 Å². The molecule has 15 heavy (non-hydrogen) atoms. The van der Waals surface area contributed by atoms with Gasteiger partial charge in [-0.05, 0) is 40.3 Å². The van der Waals surface area contributed by atoms with Crippen LogP contribution in [0.5, 0.6) is 0 Å². The van der Waals surface area contributed by atoms with Gasteiger partial charge in [0.25, 0.3) is 0 Å². The SMILES string of the molecule is COC(=O)c1cccc(I)c1CC(=O)O. The summed E-state index contributed by atoms with van der Waals surface area (Å²) < 4.78 is 5.33. The predicted octanol–water partition coefficient (Wildman–Crippen LogP) is 1.70. The molecule has 1 N–H and O–H groups in total. The second-order valence-electron chi connectivity index (χ2n) is 2.83. The summed E-state index contributed by atoms with van der Waals surface area (Å²) in [4.78, 5) is 22.0. The van der Waals surface area contributed by atoms with Gasteiger partial charge in [0.2, 0.25) is 0 Å². The fraction of sp³-hybridized carbons (Fsp3) is 0.200. The number of carbonyl (C=O) groups excluding carboxylic acids is 1. The Kier molecular flexibility index (Phi) is 4.07. The summed E-state index contributed by atoms with van der Waals surface area (Å²) in [5.74, 6) is -1.48. The van der Waals surface area contributed by atoms with Crippen molar-refractivity contribution in [3.05, 3.63) is 32.9 Å². The summed E-state index contributed by atoms with van der Waals surface area (Å²) >= 11 is 2.00. The fourth-order valence-corrected chi connectivity index (χ4v) is 1.88. The highest BCUT2D eigenvalue weighted by Crippen LogP contribution is 2.18. The van der Waals surface area contributed by atoms with E-state index in [1.54, 1.807) is 18.2 Å². The van der Waals surface area contributed by atoms with Gasteiger partial charge in [0.15, 0.2) is 0 Å². The monoisotopic (exact) mass is 320 g/mol. The number of carbonyl (C=O) groups is 2. The molecule has 0 amide bonds. The van der Waals surface area contributed by atoms with Crippen molar-refractivity contribution in [3.8, 4) is 0 Å². The largest absolute Gasteiger partial charge is 0.481 e. The summed E-state index contributed by atoms with van der Waals surface area (Å²) in [5.41, 5.74) is 0.809. The lowest BCUT2D eigenvalue weighted by Crippen LogP contribution is -2.11. The molecule has 0 aliphatic heterocycles. The zero-order valence-electron chi connectivity index (χ0n) is 7.99. The van der Waals surface area contributed by atoms with Crippen LogP contribution in [0.4, 0.5) is 0 Å². The predicted molar refractivity (Wildman–Crippen MR) is 61.8 cm³/mol. The van der Waals surface area contributed by atoms with E-state index in [9.17, 15) is 9.59 Å². The van der Waals surface area contributed by atoms with Gasteiger partial charge in [0.1, 0.15) is 0 Å². The number of ether oxygens (including phenoxy) is 1. The van der Waals surface area contributed by atoms with E-state index >= 15 is 0 Å². The Hall–Kier alpha value is -1.11. The smallest absolute Gasteiger partial charge is 0.338 e. The first kappa shape index (κ1) is 12.0. The summed E-state index contributed by atoms with van der Waals surface area (Å²) in [6.07, 6.45) is -0.177. The Labute approximate surface area is 100 Å². The maximum Gasteiger partial charge on any atom is 0.338 e. The van der Waals surface area contributed by atoms with Gasteiger partial charge in [-0.3, -0.25) is 4.79 Å². The van der Waals surface area contributed by atoms with Gasteiger partial charge in [-0.2, -0.15) is 0 Å². The highest BCUT2D eigenvalue weighted by molar-refractivity contribution is 14.1. The molecule has 0 aromatic heterocycles. The van der Waals surface area contributed by atoms with E-state index in [-0.39, 0.29) is 6.42 Å². The minimum absolute atomic E-state index is 0.177. The lowest BCUT2D eigenvalue weighted by atomic mass is 10.1. The van der Waals surface area contributed by atoms with Crippen LogP contribution in [0.25, 0.3) is 0 Å². The zero-order valence-corrected chi connectivity index (χ0v) is 10.1. The highest BCUT2D eigenvalue weighted by atomic mass is 127. The number of carboxylic acid groups (broad SMARTS) is 1. The molecule has 80 valence electrons. The van der Waals surface area contributed by atoms with Crippen LogP contribution in [-0.2, 0) is 16.0 Å². The van der Waals surface area contributed by atoms with E-state index in [2.05, 4.69) is 4.74 Å². The van der Waals surface area contributed by atoms with Gasteiger partial charge in [-0.25, -0.2) is 4.79 Å². The van der Waals surface area contributed by atoms with Gasteiger partial charge < -0.3 is 9.84 Å². The lowest BCUT2D eigenvalue weighted by molar-refractivity contribution is -0.136. The zero-order chi connectivity index (χ0) is 11.4. The molecule has 0 saturated heterocycles. The quantitative estimate of drug-likeness (QED) is 0.680. The molecule has 0 aliphatic carbocycles. The first-order valence-corrected chi connectivity index (χ1v) is 5.21. The van der Waals surface area contributed by atoms with Crippen molar-refractivity contribution in [2.24, 2.45) is 0 Å². The molecule has 0 spiro atoms. The summed E-state index contributed by atoms with van der Waals surface area (Å²) in [6.45, 7) is 0. The minimum atomic E-state index is -0.968. The molecule has 5 heteroatoms.